The molecule has 0 aliphatic heterocycles. The van der Waals surface area contributed by atoms with Crippen LogP contribution in [0.2, 0.25) is 0 Å². The van der Waals surface area contributed by atoms with Crippen molar-refractivity contribution in [1.29, 1.82) is 0 Å². The van der Waals surface area contributed by atoms with Crippen molar-refractivity contribution in [2.24, 2.45) is 5.92 Å². The molecule has 1 saturated carbocycles. The van der Waals surface area contributed by atoms with Gasteiger partial charge < -0.3 is 9.84 Å². The van der Waals surface area contributed by atoms with E-state index in [4.69, 9.17) is 9.84 Å². The van der Waals surface area contributed by atoms with E-state index in [0.29, 0.717) is 12.4 Å². The Hall–Kier alpha value is -1.03. The van der Waals surface area contributed by atoms with E-state index in [-0.39, 0.29) is 5.56 Å². The second-order valence-corrected chi connectivity index (χ2v) is 4.94. The Labute approximate surface area is 103 Å². The summed E-state index contributed by atoms with van der Waals surface area (Å²) in [6.45, 7) is 0.599. The zero-order valence-corrected chi connectivity index (χ0v) is 10.4. The van der Waals surface area contributed by atoms with Gasteiger partial charge >= 0.3 is 5.97 Å². The van der Waals surface area contributed by atoms with E-state index in [0.717, 1.165) is 16.8 Å². The highest BCUT2D eigenvalue weighted by molar-refractivity contribution is 9.10. The molecule has 1 fully saturated rings. The molecule has 0 radical (unpaired) electrons. The molecule has 16 heavy (non-hydrogen) atoms. The molecular formula is C12H13BrO3. The predicted molar refractivity (Wildman–Crippen MR) is 63.9 cm³/mol. The van der Waals surface area contributed by atoms with Crippen LogP contribution in [0.5, 0.6) is 5.75 Å². The molecule has 4 heteroatoms. The van der Waals surface area contributed by atoms with E-state index < -0.39 is 5.97 Å². The van der Waals surface area contributed by atoms with E-state index in [1.807, 2.05) is 0 Å². The molecule has 0 bridgehead atoms. The molecule has 0 unspecified atom stereocenters. The summed E-state index contributed by atoms with van der Waals surface area (Å²) in [7, 11) is 0. The fourth-order valence-corrected chi connectivity index (χ4v) is 1.87. The number of hydrogen-bond acceptors (Lipinski definition) is 2. The van der Waals surface area contributed by atoms with Crippen LogP contribution in [0, 0.1) is 5.92 Å². The van der Waals surface area contributed by atoms with Gasteiger partial charge in [-0.1, -0.05) is 28.8 Å². The zero-order chi connectivity index (χ0) is 11.5. The third kappa shape index (κ3) is 2.98. The van der Waals surface area contributed by atoms with Crippen LogP contribution in [0.3, 0.4) is 0 Å². The average molecular weight is 285 g/mol. The quantitative estimate of drug-likeness (QED) is 0.902. The van der Waals surface area contributed by atoms with Crippen molar-refractivity contribution in [3.8, 4) is 5.75 Å². The minimum absolute atomic E-state index is 0.221. The first kappa shape index (κ1) is 11.5. The van der Waals surface area contributed by atoms with E-state index in [2.05, 4.69) is 15.9 Å². The largest absolute Gasteiger partial charge is 0.493 e. The second-order valence-electron chi connectivity index (χ2n) is 4.03. The van der Waals surface area contributed by atoms with Gasteiger partial charge in [0.05, 0.1) is 6.61 Å². The van der Waals surface area contributed by atoms with Crippen molar-refractivity contribution in [2.75, 3.05) is 6.61 Å². The molecule has 1 aliphatic rings. The number of halogens is 1. The summed E-state index contributed by atoms with van der Waals surface area (Å²) in [5, 5.41) is 8.98. The second kappa shape index (κ2) is 4.87. The van der Waals surface area contributed by atoms with Crippen LogP contribution in [0.4, 0.5) is 0 Å². The first-order valence-electron chi connectivity index (χ1n) is 5.32. The summed E-state index contributed by atoms with van der Waals surface area (Å²) >= 11 is 3.31. The Morgan fingerprint density at radius 1 is 1.50 bits per heavy atom. The smallest absolute Gasteiger partial charge is 0.339 e. The van der Waals surface area contributed by atoms with Crippen LogP contribution in [-0.2, 0) is 0 Å². The van der Waals surface area contributed by atoms with Gasteiger partial charge in [0, 0.05) is 4.47 Å². The molecule has 86 valence electrons. The minimum Gasteiger partial charge on any atom is -0.493 e. The first-order valence-corrected chi connectivity index (χ1v) is 6.12. The number of ether oxygens (including phenoxy) is 1. The van der Waals surface area contributed by atoms with Crippen molar-refractivity contribution < 1.29 is 14.6 Å². The fraction of sp³-hybridized carbons (Fsp3) is 0.417. The highest BCUT2D eigenvalue weighted by atomic mass is 79.9. The fourth-order valence-electron chi connectivity index (χ4n) is 1.53. The topological polar surface area (TPSA) is 46.5 Å². The lowest BCUT2D eigenvalue weighted by Crippen LogP contribution is -2.04. The van der Waals surface area contributed by atoms with Gasteiger partial charge in [0.25, 0.3) is 0 Å². The number of benzene rings is 1. The Bertz CT molecular complexity index is 399. The van der Waals surface area contributed by atoms with Gasteiger partial charge in [-0.3, -0.25) is 0 Å². The Morgan fingerprint density at radius 3 is 2.88 bits per heavy atom. The van der Waals surface area contributed by atoms with Crippen molar-refractivity contribution in [2.45, 2.75) is 19.3 Å². The summed E-state index contributed by atoms with van der Waals surface area (Å²) in [6, 6.07) is 4.96. The third-order valence-electron chi connectivity index (χ3n) is 2.65. The predicted octanol–water partition coefficient (Wildman–Crippen LogP) is 3.33. The number of aromatic carboxylic acids is 1. The van der Waals surface area contributed by atoms with Gasteiger partial charge in [0.2, 0.25) is 0 Å². The van der Waals surface area contributed by atoms with Gasteiger partial charge in [-0.15, -0.1) is 0 Å². The van der Waals surface area contributed by atoms with Crippen molar-refractivity contribution in [1.82, 2.24) is 0 Å². The summed E-state index contributed by atoms with van der Waals surface area (Å²) in [4.78, 5) is 10.9. The maximum absolute atomic E-state index is 10.9. The summed E-state index contributed by atoms with van der Waals surface area (Å²) in [5.74, 6) is 0.289. The zero-order valence-electron chi connectivity index (χ0n) is 8.78. The molecule has 0 amide bonds. The molecule has 0 saturated heterocycles. The number of carboxylic acid groups (broad SMARTS) is 1. The van der Waals surface area contributed by atoms with E-state index in [9.17, 15) is 4.79 Å². The highest BCUT2D eigenvalue weighted by Gasteiger charge is 2.21. The molecule has 1 aliphatic carbocycles. The maximum Gasteiger partial charge on any atom is 0.339 e. The first-order chi connectivity index (χ1) is 7.66. The van der Waals surface area contributed by atoms with Crippen LogP contribution in [0.25, 0.3) is 0 Å². The molecule has 0 heterocycles. The maximum atomic E-state index is 10.9. The van der Waals surface area contributed by atoms with E-state index in [1.165, 1.54) is 12.8 Å². The van der Waals surface area contributed by atoms with Crippen LogP contribution >= 0.6 is 15.9 Å². The van der Waals surface area contributed by atoms with Gasteiger partial charge in [-0.2, -0.15) is 0 Å². The molecule has 2 rings (SSSR count). The highest BCUT2D eigenvalue weighted by Crippen LogP contribution is 2.32. The molecule has 0 aromatic heterocycles. The Balaban J connectivity index is 2.03. The Morgan fingerprint density at radius 2 is 2.25 bits per heavy atom. The lowest BCUT2D eigenvalue weighted by molar-refractivity contribution is 0.0692. The summed E-state index contributed by atoms with van der Waals surface area (Å²) in [5.41, 5.74) is 0.221. The minimum atomic E-state index is -0.950. The lowest BCUT2D eigenvalue weighted by Gasteiger charge is -2.09. The standard InChI is InChI=1S/C12H13BrO3/c13-9-3-4-10(12(14)15)11(7-9)16-6-5-8-1-2-8/h3-4,7-8H,1-2,5-6H2,(H,14,15). The SMILES string of the molecule is O=C(O)c1ccc(Br)cc1OCCC1CC1. The molecular weight excluding hydrogens is 272 g/mol. The normalized spacial score (nSPS) is 14.8. The average Bonchev–Trinajstić information content (AvgIpc) is 3.01. The van der Waals surface area contributed by atoms with Crippen LogP contribution in [0.15, 0.2) is 22.7 Å². The summed E-state index contributed by atoms with van der Waals surface area (Å²) in [6.07, 6.45) is 3.59. The Kier molecular flexibility index (Phi) is 3.49. The number of rotatable bonds is 5. The summed E-state index contributed by atoms with van der Waals surface area (Å²) < 4.78 is 6.35. The lowest BCUT2D eigenvalue weighted by atomic mass is 10.2. The third-order valence-corrected chi connectivity index (χ3v) is 3.15. The molecule has 1 aromatic rings. The van der Waals surface area contributed by atoms with Gasteiger partial charge in [-0.25, -0.2) is 4.79 Å². The van der Waals surface area contributed by atoms with Crippen LogP contribution < -0.4 is 4.74 Å². The van der Waals surface area contributed by atoms with E-state index >= 15 is 0 Å². The van der Waals surface area contributed by atoms with Crippen molar-refractivity contribution >= 4 is 21.9 Å². The molecule has 3 nitrogen and oxygen atoms in total. The molecule has 1 N–H and O–H groups in total. The molecule has 0 spiro atoms. The van der Waals surface area contributed by atoms with Gasteiger partial charge in [-0.05, 0) is 30.5 Å². The van der Waals surface area contributed by atoms with Crippen molar-refractivity contribution in [3.63, 3.8) is 0 Å². The van der Waals surface area contributed by atoms with Gasteiger partial charge in [0.1, 0.15) is 11.3 Å². The number of carbonyl (C=O) groups is 1. The van der Waals surface area contributed by atoms with Crippen LogP contribution in [-0.4, -0.2) is 17.7 Å². The van der Waals surface area contributed by atoms with Gasteiger partial charge in [0.15, 0.2) is 0 Å². The van der Waals surface area contributed by atoms with Crippen LogP contribution in [0.1, 0.15) is 29.6 Å². The van der Waals surface area contributed by atoms with E-state index in [1.54, 1.807) is 18.2 Å². The number of hydrogen-bond donors (Lipinski definition) is 1. The molecule has 1 aromatic carbocycles. The van der Waals surface area contributed by atoms with Crippen molar-refractivity contribution in [3.05, 3.63) is 28.2 Å². The molecule has 0 atom stereocenters. The monoisotopic (exact) mass is 284 g/mol. The number of carboxylic acids is 1.